The lowest BCUT2D eigenvalue weighted by Crippen LogP contribution is -1.96. The Balaban J connectivity index is 2.14. The summed E-state index contributed by atoms with van der Waals surface area (Å²) in [5.74, 6) is 0.537. The van der Waals surface area contributed by atoms with Crippen LogP contribution in [0.3, 0.4) is 0 Å². The fourth-order valence-electron chi connectivity index (χ4n) is 1.21. The molecule has 0 amide bonds. The molecule has 0 radical (unpaired) electrons. The predicted octanol–water partition coefficient (Wildman–Crippen LogP) is 1.14. The summed E-state index contributed by atoms with van der Waals surface area (Å²) in [5, 5.41) is 14.1. The highest BCUT2D eigenvalue weighted by atomic mass is 16.6. The molecule has 0 aliphatic carbocycles. The molecule has 0 unspecified atom stereocenters. The highest BCUT2D eigenvalue weighted by Crippen LogP contribution is 2.09. The molecule has 2 aromatic heterocycles. The first-order valence-corrected chi connectivity index (χ1v) is 4.23. The van der Waals surface area contributed by atoms with Crippen LogP contribution in [-0.2, 0) is 6.54 Å². The van der Waals surface area contributed by atoms with Crippen molar-refractivity contribution in [2.24, 2.45) is 0 Å². The van der Waals surface area contributed by atoms with Gasteiger partial charge in [-0.05, 0) is 16.8 Å². The lowest BCUT2D eigenvalue weighted by molar-refractivity contribution is -0.389. The molecule has 15 heavy (non-hydrogen) atoms. The van der Waals surface area contributed by atoms with E-state index >= 15 is 0 Å². The standard InChI is InChI=1S/C8H8N4O3/c1-6-2-7(10-15-6)3-11-4-8(9-5-11)12(13)14/h2,4-5H,3H2,1H3. The highest BCUT2D eigenvalue weighted by Gasteiger charge is 2.10. The second-order valence-corrected chi connectivity index (χ2v) is 3.09. The first kappa shape index (κ1) is 9.38. The van der Waals surface area contributed by atoms with Gasteiger partial charge in [0.2, 0.25) is 6.33 Å². The van der Waals surface area contributed by atoms with E-state index in [1.54, 1.807) is 17.6 Å². The van der Waals surface area contributed by atoms with E-state index in [4.69, 9.17) is 4.52 Å². The van der Waals surface area contributed by atoms with Crippen molar-refractivity contribution in [3.63, 3.8) is 0 Å². The van der Waals surface area contributed by atoms with Crippen LogP contribution in [0.25, 0.3) is 0 Å². The van der Waals surface area contributed by atoms with Crippen molar-refractivity contribution in [2.75, 3.05) is 0 Å². The fraction of sp³-hybridized carbons (Fsp3) is 0.250. The monoisotopic (exact) mass is 208 g/mol. The van der Waals surface area contributed by atoms with E-state index in [2.05, 4.69) is 10.1 Å². The summed E-state index contributed by atoms with van der Waals surface area (Å²) in [6.45, 7) is 2.20. The van der Waals surface area contributed by atoms with Crippen LogP contribution >= 0.6 is 0 Å². The minimum absolute atomic E-state index is 0.171. The fourth-order valence-corrected chi connectivity index (χ4v) is 1.21. The number of imidazole rings is 1. The molecule has 0 fully saturated rings. The number of aryl methyl sites for hydroxylation is 1. The molecule has 2 aromatic rings. The van der Waals surface area contributed by atoms with Crippen molar-refractivity contribution in [3.8, 4) is 0 Å². The van der Waals surface area contributed by atoms with Gasteiger partial charge in [-0.15, -0.1) is 0 Å². The molecule has 0 aromatic carbocycles. The lowest BCUT2D eigenvalue weighted by atomic mass is 10.4. The van der Waals surface area contributed by atoms with Crippen LogP contribution < -0.4 is 0 Å². The Morgan fingerprint density at radius 3 is 3.00 bits per heavy atom. The van der Waals surface area contributed by atoms with Crippen molar-refractivity contribution >= 4 is 5.82 Å². The smallest absolute Gasteiger partial charge is 0.361 e. The maximum atomic E-state index is 10.4. The molecule has 78 valence electrons. The summed E-state index contributed by atoms with van der Waals surface area (Å²) < 4.78 is 6.45. The van der Waals surface area contributed by atoms with E-state index in [0.717, 1.165) is 0 Å². The highest BCUT2D eigenvalue weighted by molar-refractivity contribution is 5.14. The second-order valence-electron chi connectivity index (χ2n) is 3.09. The quantitative estimate of drug-likeness (QED) is 0.557. The van der Waals surface area contributed by atoms with Crippen LogP contribution in [0.2, 0.25) is 0 Å². The Morgan fingerprint density at radius 1 is 1.67 bits per heavy atom. The van der Waals surface area contributed by atoms with Gasteiger partial charge in [0.15, 0.2) is 0 Å². The number of hydrogen-bond donors (Lipinski definition) is 0. The minimum atomic E-state index is -0.537. The number of rotatable bonds is 3. The van der Waals surface area contributed by atoms with Gasteiger partial charge in [-0.25, -0.2) is 0 Å². The van der Waals surface area contributed by atoms with E-state index in [9.17, 15) is 10.1 Å². The third kappa shape index (κ3) is 2.01. The zero-order valence-electron chi connectivity index (χ0n) is 7.95. The first-order chi connectivity index (χ1) is 7.15. The second kappa shape index (κ2) is 3.52. The SMILES string of the molecule is Cc1cc(Cn2cnc([N+](=O)[O-])c2)no1. The average Bonchev–Trinajstić information content (AvgIpc) is 2.76. The van der Waals surface area contributed by atoms with Gasteiger partial charge in [-0.1, -0.05) is 5.16 Å². The van der Waals surface area contributed by atoms with Crippen LogP contribution in [-0.4, -0.2) is 19.6 Å². The van der Waals surface area contributed by atoms with Crippen LogP contribution in [0.1, 0.15) is 11.5 Å². The van der Waals surface area contributed by atoms with Gasteiger partial charge in [0.25, 0.3) is 0 Å². The molecule has 2 rings (SSSR count). The Hall–Kier alpha value is -2.18. The molecule has 7 heteroatoms. The number of hydrogen-bond acceptors (Lipinski definition) is 5. The van der Waals surface area contributed by atoms with Crippen LogP contribution in [0.15, 0.2) is 23.1 Å². The average molecular weight is 208 g/mol. The Labute approximate surface area is 84.5 Å². The summed E-state index contributed by atoms with van der Waals surface area (Å²) in [5.41, 5.74) is 0.708. The normalized spacial score (nSPS) is 10.5. The van der Waals surface area contributed by atoms with E-state index in [0.29, 0.717) is 18.0 Å². The van der Waals surface area contributed by atoms with Crippen molar-refractivity contribution in [1.29, 1.82) is 0 Å². The third-order valence-corrected chi connectivity index (χ3v) is 1.83. The molecule has 0 saturated carbocycles. The molecule has 0 N–H and O–H groups in total. The molecule has 0 bridgehead atoms. The van der Waals surface area contributed by atoms with Crippen molar-refractivity contribution in [3.05, 3.63) is 40.2 Å². The van der Waals surface area contributed by atoms with Gasteiger partial charge in [-0.3, -0.25) is 0 Å². The molecule has 0 spiro atoms. The van der Waals surface area contributed by atoms with Gasteiger partial charge in [0.1, 0.15) is 17.7 Å². The molecule has 2 heterocycles. The van der Waals surface area contributed by atoms with E-state index in [1.165, 1.54) is 12.5 Å². The molecule has 0 saturated heterocycles. The Bertz CT molecular complexity index is 488. The van der Waals surface area contributed by atoms with Crippen LogP contribution in [0, 0.1) is 17.0 Å². The molecule has 0 aliphatic rings. The summed E-state index contributed by atoms with van der Waals surface area (Å²) in [7, 11) is 0. The summed E-state index contributed by atoms with van der Waals surface area (Å²) >= 11 is 0. The van der Waals surface area contributed by atoms with Gasteiger partial charge in [-0.2, -0.15) is 0 Å². The third-order valence-electron chi connectivity index (χ3n) is 1.83. The minimum Gasteiger partial charge on any atom is -0.361 e. The number of nitrogens with zero attached hydrogens (tertiary/aromatic N) is 4. The van der Waals surface area contributed by atoms with Crippen LogP contribution in [0.4, 0.5) is 5.82 Å². The Kier molecular flexibility index (Phi) is 2.20. The maximum Gasteiger partial charge on any atom is 0.381 e. The lowest BCUT2D eigenvalue weighted by Gasteiger charge is -1.92. The predicted molar refractivity (Wildman–Crippen MR) is 49.2 cm³/mol. The van der Waals surface area contributed by atoms with E-state index < -0.39 is 4.92 Å². The van der Waals surface area contributed by atoms with Gasteiger partial charge in [0, 0.05) is 6.07 Å². The van der Waals surface area contributed by atoms with E-state index in [-0.39, 0.29) is 5.82 Å². The molecule has 0 aliphatic heterocycles. The largest absolute Gasteiger partial charge is 0.381 e. The summed E-state index contributed by atoms with van der Waals surface area (Å²) in [6.07, 6.45) is 2.74. The first-order valence-electron chi connectivity index (χ1n) is 4.23. The summed E-state index contributed by atoms with van der Waals surface area (Å²) in [6, 6.07) is 1.77. The van der Waals surface area contributed by atoms with Crippen molar-refractivity contribution in [1.82, 2.24) is 14.7 Å². The molecule has 7 nitrogen and oxygen atoms in total. The molecular formula is C8H8N4O3. The van der Waals surface area contributed by atoms with Crippen LogP contribution in [0.5, 0.6) is 0 Å². The zero-order chi connectivity index (χ0) is 10.8. The molecule has 0 atom stereocenters. The number of aromatic nitrogens is 3. The zero-order valence-corrected chi connectivity index (χ0v) is 7.95. The topological polar surface area (TPSA) is 87.0 Å². The van der Waals surface area contributed by atoms with Crippen molar-refractivity contribution < 1.29 is 9.45 Å². The van der Waals surface area contributed by atoms with E-state index in [1.807, 2.05) is 0 Å². The number of nitro groups is 1. The van der Waals surface area contributed by atoms with Gasteiger partial charge < -0.3 is 19.2 Å². The van der Waals surface area contributed by atoms with Crippen molar-refractivity contribution in [2.45, 2.75) is 13.5 Å². The molecular weight excluding hydrogens is 200 g/mol. The van der Waals surface area contributed by atoms with Gasteiger partial charge >= 0.3 is 5.82 Å². The summed E-state index contributed by atoms with van der Waals surface area (Å²) in [4.78, 5) is 13.5. The maximum absolute atomic E-state index is 10.4. The Morgan fingerprint density at radius 2 is 2.47 bits per heavy atom. The van der Waals surface area contributed by atoms with Gasteiger partial charge in [0.05, 0.1) is 6.54 Å².